The van der Waals surface area contributed by atoms with E-state index >= 15 is 0 Å². The van der Waals surface area contributed by atoms with Gasteiger partial charge in [-0.15, -0.1) is 0 Å². The minimum absolute atomic E-state index is 0.251. The highest BCUT2D eigenvalue weighted by Gasteiger charge is 2.48. The van der Waals surface area contributed by atoms with Crippen LogP contribution in [0, 0.1) is 22.7 Å². The normalized spacial score (nSPS) is 30.4. The molecule has 4 aliphatic rings. The van der Waals surface area contributed by atoms with E-state index in [9.17, 15) is 10.4 Å². The van der Waals surface area contributed by atoms with Gasteiger partial charge in [-0.25, -0.2) is 9.97 Å². The molecule has 0 unspecified atom stereocenters. The summed E-state index contributed by atoms with van der Waals surface area (Å²) in [4.78, 5) is 13.2. The van der Waals surface area contributed by atoms with Crippen LogP contribution in [0.4, 0.5) is 11.8 Å². The topological polar surface area (TPSA) is 128 Å². The van der Waals surface area contributed by atoms with Gasteiger partial charge >= 0.3 is 0 Å². The van der Waals surface area contributed by atoms with E-state index in [1.54, 1.807) is 19.5 Å². The van der Waals surface area contributed by atoms with Crippen molar-refractivity contribution in [3.63, 3.8) is 0 Å². The smallest absolute Gasteiger partial charge is 0.224 e. The van der Waals surface area contributed by atoms with E-state index in [2.05, 4.69) is 37.0 Å². The molecule has 4 aliphatic carbocycles. The summed E-state index contributed by atoms with van der Waals surface area (Å²) in [5.41, 5.74) is 1.43. The molecule has 4 fully saturated rings. The van der Waals surface area contributed by atoms with Crippen molar-refractivity contribution in [3.05, 3.63) is 35.7 Å². The van der Waals surface area contributed by atoms with Gasteiger partial charge in [0.05, 0.1) is 18.9 Å². The maximum atomic E-state index is 10.3. The third kappa shape index (κ3) is 6.02. The average Bonchev–Trinajstić information content (AvgIpc) is 2.95. The van der Waals surface area contributed by atoms with Crippen molar-refractivity contribution in [1.82, 2.24) is 20.3 Å². The van der Waals surface area contributed by atoms with Gasteiger partial charge in [-0.05, 0) is 95.1 Å². The largest absolute Gasteiger partial charge is 0.481 e. The first-order chi connectivity index (χ1) is 18.3. The van der Waals surface area contributed by atoms with Crippen molar-refractivity contribution >= 4 is 11.8 Å². The Balaban J connectivity index is 1.14. The van der Waals surface area contributed by atoms with Crippen LogP contribution in [0.3, 0.4) is 0 Å². The molecule has 204 valence electrons. The van der Waals surface area contributed by atoms with E-state index in [4.69, 9.17) is 4.74 Å². The van der Waals surface area contributed by atoms with Crippen LogP contribution in [0.2, 0.25) is 0 Å². The van der Waals surface area contributed by atoms with E-state index in [1.165, 1.54) is 38.5 Å². The van der Waals surface area contributed by atoms with Crippen LogP contribution >= 0.6 is 0 Å². The Kier molecular flexibility index (Phi) is 7.73. The molecule has 2 aromatic rings. The van der Waals surface area contributed by atoms with Crippen LogP contribution in [-0.2, 0) is 6.54 Å². The maximum absolute atomic E-state index is 10.3. The second kappa shape index (κ2) is 11.0. The monoisotopic (exact) mass is 519 g/mol. The third-order valence-electron chi connectivity index (χ3n) is 9.37. The Labute approximate surface area is 225 Å². The van der Waals surface area contributed by atoms with Crippen molar-refractivity contribution in [2.45, 2.75) is 88.8 Å². The van der Waals surface area contributed by atoms with Crippen molar-refractivity contribution in [3.8, 4) is 11.9 Å². The predicted molar refractivity (Wildman–Crippen MR) is 147 cm³/mol. The highest BCUT2D eigenvalue weighted by Crippen LogP contribution is 2.52. The lowest BCUT2D eigenvalue weighted by molar-refractivity contribution is 0.000546. The molecule has 0 amide bonds. The van der Waals surface area contributed by atoms with Gasteiger partial charge in [0.1, 0.15) is 17.5 Å². The molecule has 6 rings (SSSR count). The highest BCUT2D eigenvalue weighted by molar-refractivity contribution is 5.53. The summed E-state index contributed by atoms with van der Waals surface area (Å²) in [5.74, 6) is 2.31. The quantitative estimate of drug-likeness (QED) is 0.361. The molecule has 9 nitrogen and oxygen atoms in total. The Bertz CT molecular complexity index is 1130. The van der Waals surface area contributed by atoms with Crippen LogP contribution < -0.4 is 20.7 Å². The van der Waals surface area contributed by atoms with Gasteiger partial charge in [0, 0.05) is 30.4 Å². The van der Waals surface area contributed by atoms with E-state index in [1.807, 2.05) is 19.1 Å². The van der Waals surface area contributed by atoms with Crippen molar-refractivity contribution in [2.24, 2.45) is 11.3 Å². The highest BCUT2D eigenvalue weighted by atomic mass is 16.5. The Morgan fingerprint density at radius 1 is 1.08 bits per heavy atom. The number of pyridine rings is 1. The van der Waals surface area contributed by atoms with E-state index in [0.717, 1.165) is 44.3 Å². The second-order valence-electron chi connectivity index (χ2n) is 12.0. The molecule has 0 aromatic carbocycles. The lowest BCUT2D eigenvalue weighted by Gasteiger charge is -2.54. The summed E-state index contributed by atoms with van der Waals surface area (Å²) >= 11 is 0. The van der Waals surface area contributed by atoms with Crippen LogP contribution in [0.15, 0.2) is 24.5 Å². The number of anilines is 2. The zero-order valence-electron chi connectivity index (χ0n) is 22.7. The fourth-order valence-electron chi connectivity index (χ4n) is 6.53. The fraction of sp³-hybridized carbons (Fsp3) is 0.655. The number of fused-ring (bicyclic) bond motifs is 3. The van der Waals surface area contributed by atoms with Gasteiger partial charge in [0.25, 0.3) is 0 Å². The Hall–Kier alpha value is -2.96. The molecule has 4 N–H and O–H groups in total. The van der Waals surface area contributed by atoms with Gasteiger partial charge in [-0.2, -0.15) is 10.2 Å². The van der Waals surface area contributed by atoms with Crippen molar-refractivity contribution in [2.75, 3.05) is 30.8 Å². The van der Waals surface area contributed by atoms with Gasteiger partial charge in [-0.1, -0.05) is 6.07 Å². The van der Waals surface area contributed by atoms with E-state index < -0.39 is 5.60 Å². The molecular weight excluding hydrogens is 478 g/mol. The molecular formula is C29H41N7O2. The molecule has 9 heteroatoms. The number of hydrogen-bond donors (Lipinski definition) is 4. The molecule has 4 saturated carbocycles. The SMILES string of the molecule is COc1ncccc1CNc1ncc(C#N)c(NCC23CCC(NCC4CCC(C)(O)CC4)(CC2)CC3)n1. The Morgan fingerprint density at radius 3 is 2.50 bits per heavy atom. The first-order valence-corrected chi connectivity index (χ1v) is 14.0. The maximum Gasteiger partial charge on any atom is 0.224 e. The van der Waals surface area contributed by atoms with Crippen LogP contribution in [0.25, 0.3) is 0 Å². The van der Waals surface area contributed by atoms with Crippen LogP contribution in [0.5, 0.6) is 5.88 Å². The summed E-state index contributed by atoms with van der Waals surface area (Å²) < 4.78 is 5.33. The number of nitrogens with one attached hydrogen (secondary N) is 3. The lowest BCUT2D eigenvalue weighted by atomic mass is 9.57. The number of nitrogens with zero attached hydrogens (tertiary/aromatic N) is 4. The van der Waals surface area contributed by atoms with Gasteiger partial charge < -0.3 is 25.8 Å². The zero-order valence-corrected chi connectivity index (χ0v) is 22.7. The molecule has 0 radical (unpaired) electrons. The number of rotatable bonds is 10. The number of methoxy groups -OCH3 is 1. The summed E-state index contributed by atoms with van der Waals surface area (Å²) in [7, 11) is 1.60. The molecule has 0 atom stereocenters. The first-order valence-electron chi connectivity index (χ1n) is 14.0. The zero-order chi connectivity index (χ0) is 26.6. The minimum Gasteiger partial charge on any atom is -0.481 e. The number of ether oxygens (including phenoxy) is 1. The van der Waals surface area contributed by atoms with Crippen molar-refractivity contribution < 1.29 is 9.84 Å². The predicted octanol–water partition coefficient (Wildman–Crippen LogP) is 4.40. The molecule has 0 saturated heterocycles. The third-order valence-corrected chi connectivity index (χ3v) is 9.37. The molecule has 38 heavy (non-hydrogen) atoms. The first kappa shape index (κ1) is 26.6. The summed E-state index contributed by atoms with van der Waals surface area (Å²) in [6.07, 6.45) is 14.5. The standard InChI is InChI=1S/C29H41N7O2/c1-27(37)7-5-21(6-8-27)17-35-29-12-9-28(10-13-29,11-14-29)20-34-24-23(16-30)19-33-26(36-24)32-18-22-4-3-15-31-25(22)38-2/h3-4,15,19,21,35,37H,5-14,17-18,20H2,1-2H3,(H2,32,33,34,36). The average molecular weight is 520 g/mol. The van der Waals surface area contributed by atoms with E-state index in [0.29, 0.717) is 35.7 Å². The number of hydrogen-bond acceptors (Lipinski definition) is 9. The second-order valence-corrected chi connectivity index (χ2v) is 12.0. The van der Waals surface area contributed by atoms with E-state index in [-0.39, 0.29) is 11.0 Å². The van der Waals surface area contributed by atoms with Crippen molar-refractivity contribution in [1.29, 1.82) is 5.26 Å². The molecule has 0 spiro atoms. The number of aromatic nitrogens is 3. The summed E-state index contributed by atoms with van der Waals surface area (Å²) in [6, 6.07) is 6.04. The fourth-order valence-corrected chi connectivity index (χ4v) is 6.53. The van der Waals surface area contributed by atoms with Gasteiger partial charge in [0.15, 0.2) is 0 Å². The van der Waals surface area contributed by atoms with Crippen LogP contribution in [0.1, 0.15) is 82.3 Å². The van der Waals surface area contributed by atoms with Gasteiger partial charge in [-0.3, -0.25) is 0 Å². The number of nitriles is 1. The summed E-state index contributed by atoms with van der Waals surface area (Å²) in [5, 5.41) is 30.6. The number of aliphatic hydroxyl groups is 1. The molecule has 0 aliphatic heterocycles. The summed E-state index contributed by atoms with van der Waals surface area (Å²) in [6.45, 7) is 4.35. The van der Waals surface area contributed by atoms with Gasteiger partial charge in [0.2, 0.25) is 11.8 Å². The lowest BCUT2D eigenvalue weighted by Crippen LogP contribution is -2.57. The van der Waals surface area contributed by atoms with Crippen LogP contribution in [-0.4, -0.2) is 51.4 Å². The minimum atomic E-state index is -0.462. The molecule has 2 aromatic heterocycles. The molecule has 2 bridgehead atoms. The Morgan fingerprint density at radius 2 is 1.82 bits per heavy atom. The molecule has 2 heterocycles.